The van der Waals surface area contributed by atoms with Crippen LogP contribution in [0, 0.1) is 20.8 Å². The van der Waals surface area contributed by atoms with Crippen LogP contribution in [0.5, 0.6) is 0 Å². The van der Waals surface area contributed by atoms with Gasteiger partial charge in [-0.3, -0.25) is 4.79 Å². The smallest absolute Gasteiger partial charge is 0.255 e. The van der Waals surface area contributed by atoms with Crippen molar-refractivity contribution in [1.29, 1.82) is 0 Å². The first-order chi connectivity index (χ1) is 7.07. The Morgan fingerprint density at radius 1 is 1.27 bits per heavy atom. The second-order valence-electron chi connectivity index (χ2n) is 3.82. The summed E-state index contributed by atoms with van der Waals surface area (Å²) in [6, 6.07) is 0. The molecule has 0 saturated heterocycles. The summed E-state index contributed by atoms with van der Waals surface area (Å²) in [6.07, 6.45) is 2.10. The number of furan rings is 1. The lowest BCUT2D eigenvalue weighted by Crippen LogP contribution is -2.25. The van der Waals surface area contributed by atoms with Crippen molar-refractivity contribution in [2.24, 2.45) is 0 Å². The number of hydrogen-bond donors (Lipinski definition) is 1. The van der Waals surface area contributed by atoms with Gasteiger partial charge in [-0.05, 0) is 27.2 Å². The van der Waals surface area contributed by atoms with Crippen LogP contribution in [0.4, 0.5) is 0 Å². The normalized spacial score (nSPS) is 10.4. The lowest BCUT2D eigenvalue weighted by molar-refractivity contribution is 0.0951. The van der Waals surface area contributed by atoms with Gasteiger partial charge in [-0.25, -0.2) is 0 Å². The molecule has 0 fully saturated rings. The van der Waals surface area contributed by atoms with Crippen LogP contribution in [0.3, 0.4) is 0 Å². The average Bonchev–Trinajstić information content (AvgIpc) is 2.41. The second kappa shape index (κ2) is 5.01. The Kier molecular flexibility index (Phi) is 3.95. The fourth-order valence-corrected chi connectivity index (χ4v) is 1.59. The minimum absolute atomic E-state index is 0.0182. The minimum Gasteiger partial charge on any atom is -0.466 e. The highest BCUT2D eigenvalue weighted by Gasteiger charge is 2.17. The van der Waals surface area contributed by atoms with Crippen molar-refractivity contribution >= 4 is 5.91 Å². The van der Waals surface area contributed by atoms with Crippen LogP contribution in [0.25, 0.3) is 0 Å². The molecule has 0 atom stereocenters. The lowest BCUT2D eigenvalue weighted by atomic mass is 10.1. The van der Waals surface area contributed by atoms with Gasteiger partial charge in [-0.2, -0.15) is 0 Å². The third kappa shape index (κ3) is 2.61. The molecule has 15 heavy (non-hydrogen) atoms. The summed E-state index contributed by atoms with van der Waals surface area (Å²) in [5.41, 5.74) is 1.64. The molecule has 3 nitrogen and oxygen atoms in total. The summed E-state index contributed by atoms with van der Waals surface area (Å²) in [6.45, 7) is 8.46. The Bertz CT molecular complexity index is 353. The van der Waals surface area contributed by atoms with Gasteiger partial charge in [0.1, 0.15) is 11.5 Å². The number of nitrogens with one attached hydrogen (secondary N) is 1. The molecule has 1 aromatic heterocycles. The average molecular weight is 209 g/mol. The van der Waals surface area contributed by atoms with E-state index in [1.165, 1.54) is 0 Å². The first kappa shape index (κ1) is 11.8. The van der Waals surface area contributed by atoms with Gasteiger partial charge in [-0.1, -0.05) is 13.3 Å². The number of carbonyl (C=O) groups is 1. The summed E-state index contributed by atoms with van der Waals surface area (Å²) < 4.78 is 5.41. The number of aryl methyl sites for hydroxylation is 2. The molecule has 0 spiro atoms. The highest BCUT2D eigenvalue weighted by Crippen LogP contribution is 2.20. The van der Waals surface area contributed by atoms with Crippen molar-refractivity contribution in [3.05, 3.63) is 22.6 Å². The molecule has 0 bridgehead atoms. The van der Waals surface area contributed by atoms with Crippen LogP contribution in [0.15, 0.2) is 4.42 Å². The topological polar surface area (TPSA) is 42.2 Å². The standard InChI is InChI=1S/C12H19NO2/c1-5-6-7-13-12(14)11-8(2)9(3)15-10(11)4/h5-7H2,1-4H3,(H,13,14). The van der Waals surface area contributed by atoms with Gasteiger partial charge in [0.25, 0.3) is 5.91 Å². The van der Waals surface area contributed by atoms with Crippen LogP contribution in [0.1, 0.15) is 47.2 Å². The summed E-state index contributed by atoms with van der Waals surface area (Å²) in [4.78, 5) is 11.8. The van der Waals surface area contributed by atoms with Gasteiger partial charge >= 0.3 is 0 Å². The summed E-state index contributed by atoms with van der Waals surface area (Å²) in [5.74, 6) is 1.52. The van der Waals surface area contributed by atoms with Crippen molar-refractivity contribution < 1.29 is 9.21 Å². The number of rotatable bonds is 4. The zero-order valence-electron chi connectivity index (χ0n) is 9.94. The molecule has 1 aromatic rings. The molecule has 0 unspecified atom stereocenters. The predicted octanol–water partition coefficient (Wildman–Crippen LogP) is 2.73. The maximum Gasteiger partial charge on any atom is 0.255 e. The molecule has 3 heteroatoms. The van der Waals surface area contributed by atoms with E-state index in [4.69, 9.17) is 4.42 Å². The second-order valence-corrected chi connectivity index (χ2v) is 3.82. The van der Waals surface area contributed by atoms with E-state index in [1.54, 1.807) is 0 Å². The number of unbranched alkanes of at least 4 members (excludes halogenated alkanes) is 1. The fraction of sp³-hybridized carbons (Fsp3) is 0.583. The Balaban J connectivity index is 2.73. The van der Waals surface area contributed by atoms with Crippen molar-refractivity contribution in [1.82, 2.24) is 5.32 Å². The molecule has 1 heterocycles. The number of carbonyl (C=O) groups excluding carboxylic acids is 1. The van der Waals surface area contributed by atoms with Gasteiger partial charge < -0.3 is 9.73 Å². The molecule has 1 N–H and O–H groups in total. The van der Waals surface area contributed by atoms with Crippen molar-refractivity contribution in [2.45, 2.75) is 40.5 Å². The van der Waals surface area contributed by atoms with Gasteiger partial charge in [0.15, 0.2) is 0 Å². The lowest BCUT2D eigenvalue weighted by Gasteiger charge is -2.03. The van der Waals surface area contributed by atoms with E-state index in [0.717, 1.165) is 30.7 Å². The molecule has 0 aliphatic rings. The minimum atomic E-state index is -0.0182. The molecular formula is C12H19NO2. The molecule has 84 valence electrons. The largest absolute Gasteiger partial charge is 0.466 e. The Morgan fingerprint density at radius 3 is 2.40 bits per heavy atom. The Labute approximate surface area is 90.9 Å². The highest BCUT2D eigenvalue weighted by molar-refractivity contribution is 5.96. The number of amides is 1. The molecule has 0 radical (unpaired) electrons. The predicted molar refractivity (Wildman–Crippen MR) is 60.2 cm³/mol. The van der Waals surface area contributed by atoms with Gasteiger partial charge in [0.05, 0.1) is 5.56 Å². The third-order valence-corrected chi connectivity index (χ3v) is 2.60. The van der Waals surface area contributed by atoms with Gasteiger partial charge in [-0.15, -0.1) is 0 Å². The van der Waals surface area contributed by atoms with Crippen LogP contribution in [0.2, 0.25) is 0 Å². The molecule has 1 rings (SSSR count). The molecule has 0 aliphatic heterocycles. The van der Waals surface area contributed by atoms with E-state index < -0.39 is 0 Å². The molecule has 0 aromatic carbocycles. The van der Waals surface area contributed by atoms with Crippen molar-refractivity contribution in [2.75, 3.05) is 6.54 Å². The first-order valence-corrected chi connectivity index (χ1v) is 5.42. The molecule has 0 aliphatic carbocycles. The molecular weight excluding hydrogens is 190 g/mol. The molecule has 0 saturated carbocycles. The summed E-state index contributed by atoms with van der Waals surface area (Å²) >= 11 is 0. The maximum absolute atomic E-state index is 11.8. The monoisotopic (exact) mass is 209 g/mol. The van der Waals surface area contributed by atoms with E-state index >= 15 is 0 Å². The molecule has 1 amide bonds. The van der Waals surface area contributed by atoms with Gasteiger partial charge in [0, 0.05) is 12.1 Å². The maximum atomic E-state index is 11.8. The van der Waals surface area contributed by atoms with E-state index in [-0.39, 0.29) is 5.91 Å². The fourth-order valence-electron chi connectivity index (χ4n) is 1.59. The number of hydrogen-bond acceptors (Lipinski definition) is 2. The highest BCUT2D eigenvalue weighted by atomic mass is 16.3. The Morgan fingerprint density at radius 2 is 1.93 bits per heavy atom. The zero-order valence-corrected chi connectivity index (χ0v) is 9.94. The Hall–Kier alpha value is -1.25. The van der Waals surface area contributed by atoms with Crippen molar-refractivity contribution in [3.8, 4) is 0 Å². The first-order valence-electron chi connectivity index (χ1n) is 5.42. The van der Waals surface area contributed by atoms with E-state index in [0.29, 0.717) is 11.3 Å². The SMILES string of the molecule is CCCCNC(=O)c1c(C)oc(C)c1C. The van der Waals surface area contributed by atoms with E-state index in [2.05, 4.69) is 12.2 Å². The van der Waals surface area contributed by atoms with Crippen LogP contribution in [-0.4, -0.2) is 12.5 Å². The quantitative estimate of drug-likeness (QED) is 0.775. The third-order valence-electron chi connectivity index (χ3n) is 2.60. The zero-order chi connectivity index (χ0) is 11.4. The van der Waals surface area contributed by atoms with Crippen LogP contribution < -0.4 is 5.32 Å². The van der Waals surface area contributed by atoms with E-state index in [1.807, 2.05) is 20.8 Å². The van der Waals surface area contributed by atoms with Crippen molar-refractivity contribution in [3.63, 3.8) is 0 Å². The van der Waals surface area contributed by atoms with E-state index in [9.17, 15) is 4.79 Å². The summed E-state index contributed by atoms with van der Waals surface area (Å²) in [5, 5.41) is 2.90. The van der Waals surface area contributed by atoms with Crippen LogP contribution >= 0.6 is 0 Å². The van der Waals surface area contributed by atoms with Gasteiger partial charge in [0.2, 0.25) is 0 Å². The van der Waals surface area contributed by atoms with Crippen LogP contribution in [-0.2, 0) is 0 Å². The summed E-state index contributed by atoms with van der Waals surface area (Å²) in [7, 11) is 0.